The number of aldehydes is 1. The maximum Gasteiger partial charge on any atom is 0.317 e. The Morgan fingerprint density at radius 1 is 0.586 bits per heavy atom. The highest BCUT2D eigenvalue weighted by molar-refractivity contribution is 5.80. The molecule has 5 saturated heterocycles. The van der Waals surface area contributed by atoms with Crippen molar-refractivity contribution in [1.82, 2.24) is 0 Å². The van der Waals surface area contributed by atoms with Gasteiger partial charge < -0.3 is 134 Å². The predicted molar refractivity (Wildman–Crippen MR) is 290 cm³/mol. The number of hydrogen-bond donors (Lipinski definition) is 16. The van der Waals surface area contributed by atoms with Gasteiger partial charge in [0.05, 0.1) is 50.2 Å². The Balaban J connectivity index is 0.954. The van der Waals surface area contributed by atoms with Crippen molar-refractivity contribution in [2.45, 2.75) is 266 Å². The molecule has 28 heteroatoms. The molecule has 9 fully saturated rings. The van der Waals surface area contributed by atoms with Crippen molar-refractivity contribution in [2.75, 3.05) is 26.4 Å². The maximum absolute atomic E-state index is 15.9. The molecule has 498 valence electrons. The zero-order valence-corrected chi connectivity index (χ0v) is 50.1. The van der Waals surface area contributed by atoms with Crippen molar-refractivity contribution in [3.63, 3.8) is 0 Å². The standard InChI is InChI=1S/C59H94O28/c1-23-34(65)39(70)44(75)49(80-23)85-46-35(66)26(63)20-78-51(46)86-47-42(73)38(69)29(21-79-48-43(74)40(71)36(67)27(18-60)81-48)83-52(47)87-53(77)59-15-14-54(2,3)16-25(59)24-8-9-31-55(4)12-11-33(84-50-45(76)41(72)37(68)28(19-61)82-50)56(5,22-62)30(55)10-13-57(31,6)58(24,7)17-32(59)64/h8,22-23,25-52,60-61,63-76H,9-21H2,1-7H3/t23-,25-,26-,27+,28+,29+,30+,31+,32?,33-,34-,35-,36+,37+,38+,39+,40-,41-,42-,43+,44+,45+,46+,47+,48+,49-,50-,51-,52-,55-,56-,57+,58+,59+/m0/s1. The lowest BCUT2D eigenvalue weighted by atomic mass is 9.33. The van der Waals surface area contributed by atoms with E-state index >= 15 is 4.79 Å². The third-order valence-corrected chi connectivity index (χ3v) is 23.1. The average Bonchev–Trinajstić information content (AvgIpc) is 0.704. The van der Waals surface area contributed by atoms with Crippen LogP contribution in [-0.2, 0) is 57.0 Å². The molecule has 28 nitrogen and oxygen atoms in total. The molecule has 10 rings (SSSR count). The van der Waals surface area contributed by atoms with Crippen molar-refractivity contribution in [3.8, 4) is 0 Å². The number of ether oxygens (including phenoxy) is 10. The first-order chi connectivity index (χ1) is 40.8. The van der Waals surface area contributed by atoms with Crippen molar-refractivity contribution >= 4 is 12.3 Å². The Kier molecular flexibility index (Phi) is 19.5. The third kappa shape index (κ3) is 11.2. The largest absolute Gasteiger partial charge is 0.432 e. The number of aliphatic hydroxyl groups is 16. The number of carbonyl (C=O) groups excluding carboxylic acids is 2. The first-order valence-corrected chi connectivity index (χ1v) is 30.7. The molecule has 10 aliphatic rings. The van der Waals surface area contributed by atoms with Crippen LogP contribution in [0.1, 0.15) is 106 Å². The predicted octanol–water partition coefficient (Wildman–Crippen LogP) is -4.39. The van der Waals surface area contributed by atoms with Gasteiger partial charge in [0.1, 0.15) is 115 Å². The highest BCUT2D eigenvalue weighted by Crippen LogP contribution is 2.76. The van der Waals surface area contributed by atoms with E-state index in [9.17, 15) is 86.5 Å². The van der Waals surface area contributed by atoms with Crippen LogP contribution in [0.25, 0.3) is 0 Å². The molecular formula is C59H94O28. The number of hydrogen-bond acceptors (Lipinski definition) is 28. The fourth-order valence-corrected chi connectivity index (χ4v) is 17.5. The van der Waals surface area contributed by atoms with Gasteiger partial charge in [-0.3, -0.25) is 4.79 Å². The molecule has 5 aliphatic heterocycles. The van der Waals surface area contributed by atoms with Crippen LogP contribution < -0.4 is 0 Å². The van der Waals surface area contributed by atoms with Crippen molar-refractivity contribution in [1.29, 1.82) is 0 Å². The van der Waals surface area contributed by atoms with Crippen LogP contribution in [-0.4, -0.2) is 280 Å². The van der Waals surface area contributed by atoms with E-state index in [0.29, 0.717) is 44.9 Å². The van der Waals surface area contributed by atoms with Gasteiger partial charge in [-0.2, -0.15) is 0 Å². The van der Waals surface area contributed by atoms with Crippen LogP contribution in [0.3, 0.4) is 0 Å². The molecule has 0 aromatic heterocycles. The van der Waals surface area contributed by atoms with Gasteiger partial charge in [-0.25, -0.2) is 0 Å². The lowest BCUT2D eigenvalue weighted by molar-refractivity contribution is -0.382. The minimum Gasteiger partial charge on any atom is -0.432 e. The van der Waals surface area contributed by atoms with Gasteiger partial charge in [0, 0.05) is 0 Å². The van der Waals surface area contributed by atoms with E-state index in [-0.39, 0.29) is 30.1 Å². The molecule has 5 aliphatic carbocycles. The Bertz CT molecular complexity index is 2450. The molecule has 5 heterocycles. The molecule has 16 N–H and O–H groups in total. The van der Waals surface area contributed by atoms with E-state index in [0.717, 1.165) is 11.9 Å². The molecular weight excluding hydrogens is 1160 g/mol. The lowest BCUT2D eigenvalue weighted by Gasteiger charge is -2.71. The SMILES string of the molecule is C[C@@H]1O[C@@H](O[C@H]2[C@H](O[C@H]3[C@H](OC(=O)[C@]45CCC(C)(C)C[C@H]4C4=CC[C@@H]6[C@@]7(C)CC[C@H](O[C@@H]8O[C@H](CO)[C@@H](O)[C@H](O)[C@H]8O)[C@@](C)(C=O)[C@@H]7CC[C@@]6(C)[C@]4(C)CC5O)O[C@H](CO[C@@H]4O[C@H](CO)[C@@H](O)[C@H](O)[C@H]4O)[C@@H](O)[C@@H]3O)OC[C@H](O)[C@@H]2O)[C@H](O)[C@H](O)[C@H]1O. The molecule has 0 bridgehead atoms. The first kappa shape index (κ1) is 67.8. The number of rotatable bonds is 14. The van der Waals surface area contributed by atoms with E-state index in [1.165, 1.54) is 6.92 Å². The zero-order chi connectivity index (χ0) is 63.6. The summed E-state index contributed by atoms with van der Waals surface area (Å²) in [6, 6.07) is 0. The highest BCUT2D eigenvalue weighted by Gasteiger charge is 2.73. The van der Waals surface area contributed by atoms with E-state index in [4.69, 9.17) is 47.4 Å². The van der Waals surface area contributed by atoms with Crippen molar-refractivity contribution < 1.29 is 139 Å². The van der Waals surface area contributed by atoms with Gasteiger partial charge >= 0.3 is 5.97 Å². The Morgan fingerprint density at radius 2 is 1.15 bits per heavy atom. The summed E-state index contributed by atoms with van der Waals surface area (Å²) in [5.74, 6) is -1.99. The Morgan fingerprint density at radius 3 is 1.78 bits per heavy atom. The molecule has 0 aromatic rings. The molecule has 0 spiro atoms. The summed E-state index contributed by atoms with van der Waals surface area (Å²) in [6.45, 7) is 11.1. The normalized spacial score (nSPS) is 55.1. The van der Waals surface area contributed by atoms with Gasteiger partial charge in [0.15, 0.2) is 31.3 Å². The van der Waals surface area contributed by atoms with Gasteiger partial charge in [0.25, 0.3) is 0 Å². The summed E-state index contributed by atoms with van der Waals surface area (Å²) in [7, 11) is 0. The molecule has 87 heavy (non-hydrogen) atoms. The number of carbonyl (C=O) groups is 2. The second-order valence-electron chi connectivity index (χ2n) is 28.4. The lowest BCUT2D eigenvalue weighted by Crippen LogP contribution is -2.69. The zero-order valence-electron chi connectivity index (χ0n) is 50.1. The van der Waals surface area contributed by atoms with E-state index in [1.807, 2.05) is 6.92 Å². The van der Waals surface area contributed by atoms with E-state index < -0.39 is 225 Å². The molecule has 0 radical (unpaired) electrons. The minimum absolute atomic E-state index is 0.0728. The number of fused-ring (bicyclic) bond motifs is 7. The van der Waals surface area contributed by atoms with Crippen molar-refractivity contribution in [3.05, 3.63) is 11.6 Å². The number of aliphatic hydroxyl groups excluding tert-OH is 16. The molecule has 4 saturated carbocycles. The fraction of sp³-hybridized carbons (Fsp3) is 0.932. The van der Waals surface area contributed by atoms with E-state index in [2.05, 4.69) is 40.7 Å². The van der Waals surface area contributed by atoms with Crippen molar-refractivity contribution in [2.24, 2.45) is 50.2 Å². The first-order valence-electron chi connectivity index (χ1n) is 30.7. The quantitative estimate of drug-likeness (QED) is 0.0338. The second-order valence-corrected chi connectivity index (χ2v) is 28.4. The Labute approximate surface area is 503 Å². The van der Waals surface area contributed by atoms with Crippen LogP contribution in [0.5, 0.6) is 0 Å². The molecule has 1 unspecified atom stereocenters. The summed E-state index contributed by atoms with van der Waals surface area (Å²) in [6.07, 6.45) is -37.0. The number of esters is 1. The average molecular weight is 1250 g/mol. The van der Waals surface area contributed by atoms with Crippen LogP contribution in [0.4, 0.5) is 0 Å². The second kappa shape index (κ2) is 25.0. The summed E-state index contributed by atoms with van der Waals surface area (Å²) in [5, 5.41) is 175. The summed E-state index contributed by atoms with van der Waals surface area (Å²) >= 11 is 0. The maximum atomic E-state index is 15.9. The van der Waals surface area contributed by atoms with Crippen LogP contribution >= 0.6 is 0 Å². The van der Waals surface area contributed by atoms with Crippen LogP contribution in [0, 0.1) is 50.2 Å². The minimum atomic E-state index is -2.12. The highest BCUT2D eigenvalue weighted by atomic mass is 16.8. The Hall–Kier alpha value is -2.12. The van der Waals surface area contributed by atoms with Gasteiger partial charge in [-0.05, 0) is 104 Å². The van der Waals surface area contributed by atoms with E-state index in [1.54, 1.807) is 0 Å². The summed E-state index contributed by atoms with van der Waals surface area (Å²) in [4.78, 5) is 29.5. The third-order valence-electron chi connectivity index (χ3n) is 23.1. The van der Waals surface area contributed by atoms with Crippen LogP contribution in [0.15, 0.2) is 11.6 Å². The summed E-state index contributed by atoms with van der Waals surface area (Å²) < 4.78 is 59.8. The topological polar surface area (TPSA) is 450 Å². The van der Waals surface area contributed by atoms with Gasteiger partial charge in [-0.1, -0.05) is 53.2 Å². The smallest absolute Gasteiger partial charge is 0.317 e. The summed E-state index contributed by atoms with van der Waals surface area (Å²) in [5.41, 5.74) is -4.11. The monoisotopic (exact) mass is 1250 g/mol. The van der Waals surface area contributed by atoms with Crippen LogP contribution in [0.2, 0.25) is 0 Å². The van der Waals surface area contributed by atoms with Gasteiger partial charge in [-0.15, -0.1) is 0 Å². The molecule has 0 amide bonds. The molecule has 34 atom stereocenters. The van der Waals surface area contributed by atoms with Gasteiger partial charge in [0.2, 0.25) is 6.29 Å². The molecule has 0 aromatic carbocycles. The number of allylic oxidation sites excluding steroid dienone is 2. The fourth-order valence-electron chi connectivity index (χ4n) is 17.5.